The molecule has 1 unspecified atom stereocenters. The number of piperidine rings is 1. The van der Waals surface area contributed by atoms with Gasteiger partial charge >= 0.3 is 6.18 Å². The Hall–Kier alpha value is -3.02. The second-order valence-electron chi connectivity index (χ2n) is 11.9. The van der Waals surface area contributed by atoms with Crippen molar-refractivity contribution >= 4 is 5.91 Å². The van der Waals surface area contributed by atoms with Crippen molar-refractivity contribution in [1.29, 1.82) is 0 Å². The maximum absolute atomic E-state index is 12.8. The van der Waals surface area contributed by atoms with Crippen LogP contribution in [0.5, 0.6) is 5.75 Å². The Morgan fingerprint density at radius 1 is 1.15 bits per heavy atom. The lowest BCUT2D eigenvalue weighted by Crippen LogP contribution is -2.72. The minimum absolute atomic E-state index is 0.148. The van der Waals surface area contributed by atoms with Crippen LogP contribution in [0.4, 0.5) is 13.2 Å². The number of quaternary nitrogens is 1. The number of hydrogen-bond acceptors (Lipinski definition) is 3. The molecule has 2 aliphatic carbocycles. The van der Waals surface area contributed by atoms with E-state index >= 15 is 0 Å². The quantitative estimate of drug-likeness (QED) is 0.413. The van der Waals surface area contributed by atoms with E-state index in [0.29, 0.717) is 12.0 Å². The predicted octanol–water partition coefficient (Wildman–Crippen LogP) is 5.01. The molecule has 8 heteroatoms. The van der Waals surface area contributed by atoms with Gasteiger partial charge in [-0.15, -0.1) is 0 Å². The molecule has 3 fully saturated rings. The highest BCUT2D eigenvalue weighted by atomic mass is 19.4. The van der Waals surface area contributed by atoms with Gasteiger partial charge in [0.25, 0.3) is 5.91 Å². The van der Waals surface area contributed by atoms with Crippen molar-refractivity contribution in [2.75, 3.05) is 33.8 Å². The number of amides is 1. The number of hydrogen-bond donors (Lipinski definition) is 2. The van der Waals surface area contributed by atoms with Gasteiger partial charge < -0.3 is 19.6 Å². The van der Waals surface area contributed by atoms with Crippen molar-refractivity contribution < 1.29 is 32.3 Å². The summed E-state index contributed by atoms with van der Waals surface area (Å²) in [6.45, 7) is 3.02. The maximum Gasteiger partial charge on any atom is 0.416 e. The van der Waals surface area contributed by atoms with Gasteiger partial charge in [0, 0.05) is 42.4 Å². The largest absolute Gasteiger partial charge is 0.508 e. The first-order valence-electron chi connectivity index (χ1n) is 13.6. The molecule has 1 amide bonds. The first kappa shape index (κ1) is 27.5. The van der Waals surface area contributed by atoms with Crippen LogP contribution < -0.4 is 5.32 Å². The fourth-order valence-electron chi connectivity index (χ4n) is 7.06. The number of carbonyl (C=O) groups is 1. The van der Waals surface area contributed by atoms with E-state index in [-0.39, 0.29) is 11.8 Å². The number of carbonyl (C=O) groups excluding carboxylic acids is 1. The highest BCUT2D eigenvalue weighted by molar-refractivity contribution is 5.94. The van der Waals surface area contributed by atoms with Gasteiger partial charge in [-0.3, -0.25) is 4.79 Å². The normalized spacial score (nSPS) is 30.5. The zero-order valence-electron chi connectivity index (χ0n) is 22.5. The molecule has 2 aromatic rings. The highest BCUT2D eigenvalue weighted by Crippen LogP contribution is 2.55. The number of phenolic OH excluding ortho intramolecular Hbond substituents is 1. The van der Waals surface area contributed by atoms with Gasteiger partial charge in [0.1, 0.15) is 17.9 Å². The summed E-state index contributed by atoms with van der Waals surface area (Å²) < 4.78 is 45.9. The van der Waals surface area contributed by atoms with Gasteiger partial charge in [-0.25, -0.2) is 0 Å². The van der Waals surface area contributed by atoms with Crippen LogP contribution in [-0.2, 0) is 21.1 Å². The minimum atomic E-state index is -4.42. The number of phenols is 1. The monoisotopic (exact) mass is 541 g/mol. The number of likely N-dealkylation sites (N-methyl/N-ethyl adjacent to an activating group) is 1. The second kappa shape index (κ2) is 10.2. The van der Waals surface area contributed by atoms with Crippen LogP contribution in [0.15, 0.2) is 48.5 Å². The number of benzene rings is 2. The number of methoxy groups -OCH3 is 1. The number of ether oxygens (including phenoxy) is 1. The topological polar surface area (TPSA) is 58.6 Å². The molecule has 0 aromatic heterocycles. The summed E-state index contributed by atoms with van der Waals surface area (Å²) in [6, 6.07) is 11.7. The average molecular weight is 542 g/mol. The Morgan fingerprint density at radius 2 is 1.90 bits per heavy atom. The van der Waals surface area contributed by atoms with Gasteiger partial charge in [0.2, 0.25) is 0 Å². The van der Waals surface area contributed by atoms with Crippen molar-refractivity contribution in [2.45, 2.75) is 61.8 Å². The van der Waals surface area contributed by atoms with Crippen molar-refractivity contribution in [3.8, 4) is 17.6 Å². The standard InChI is InChI=1S/C31H35F3N2O3/c1-36(20-23-6-7-23)17-16-29(25-4-3-5-27(37)18-25)19-26(14-15-30(29,21-36)39-2)35-28(38)13-10-22-8-11-24(12-9-22)31(32,33)34/h3-5,8-9,11-12,18,23,26H,6-7,14-17,19-21H2,1-2H3,(H-,35,37,38)/p+1/t26-,29-,30?,36+/m0/s1. The molecule has 39 heavy (non-hydrogen) atoms. The molecule has 1 saturated heterocycles. The van der Waals surface area contributed by atoms with Crippen LogP contribution in [0.1, 0.15) is 55.2 Å². The molecule has 5 nitrogen and oxygen atoms in total. The maximum atomic E-state index is 12.8. The Bertz CT molecular complexity index is 1280. The molecule has 5 rings (SSSR count). The van der Waals surface area contributed by atoms with E-state index in [1.54, 1.807) is 13.2 Å². The number of nitrogens with one attached hydrogen (secondary N) is 1. The zero-order chi connectivity index (χ0) is 27.9. The molecule has 208 valence electrons. The van der Waals surface area contributed by atoms with Gasteiger partial charge in [-0.1, -0.05) is 18.1 Å². The molecule has 2 aromatic carbocycles. The smallest absolute Gasteiger partial charge is 0.416 e. The van der Waals surface area contributed by atoms with Crippen molar-refractivity contribution in [1.82, 2.24) is 5.32 Å². The number of fused-ring (bicyclic) bond motifs is 1. The Labute approximate surface area is 227 Å². The first-order chi connectivity index (χ1) is 18.5. The van der Waals surface area contributed by atoms with E-state index in [1.165, 1.54) is 25.0 Å². The minimum Gasteiger partial charge on any atom is -0.508 e. The van der Waals surface area contributed by atoms with E-state index in [1.807, 2.05) is 12.1 Å². The molecule has 2 saturated carbocycles. The second-order valence-corrected chi connectivity index (χ2v) is 11.9. The Morgan fingerprint density at radius 3 is 2.54 bits per heavy atom. The molecule has 0 spiro atoms. The molecule has 0 bridgehead atoms. The fraction of sp³-hybridized carbons (Fsp3) is 0.516. The van der Waals surface area contributed by atoms with E-state index in [9.17, 15) is 23.1 Å². The molecule has 1 heterocycles. The number of alkyl halides is 3. The summed E-state index contributed by atoms with van der Waals surface area (Å²) >= 11 is 0. The van der Waals surface area contributed by atoms with Crippen LogP contribution in [0.3, 0.4) is 0 Å². The Balaban J connectivity index is 1.37. The highest BCUT2D eigenvalue weighted by Gasteiger charge is 2.63. The van der Waals surface area contributed by atoms with Crippen LogP contribution in [0.25, 0.3) is 0 Å². The third-order valence-corrected chi connectivity index (χ3v) is 9.13. The SMILES string of the molecule is COC12CC[C@H](NC(=O)C#Cc3ccc(C(F)(F)F)cc3)C[C@]1(c1cccc(O)c1)CC[N@+](C)(CC1CC1)C2. The fourth-order valence-corrected chi connectivity index (χ4v) is 7.06. The van der Waals surface area contributed by atoms with Crippen molar-refractivity contribution in [3.63, 3.8) is 0 Å². The summed E-state index contributed by atoms with van der Waals surface area (Å²) in [5, 5.41) is 13.4. The zero-order valence-corrected chi connectivity index (χ0v) is 22.5. The number of likely N-dealkylation sites (tertiary alicyclic amines) is 1. The van der Waals surface area contributed by atoms with Crippen LogP contribution in [0, 0.1) is 17.8 Å². The summed E-state index contributed by atoms with van der Waals surface area (Å²) in [6.07, 6.45) is 1.19. The molecule has 1 aliphatic heterocycles. The van der Waals surface area contributed by atoms with E-state index < -0.39 is 28.7 Å². The molecular weight excluding hydrogens is 505 g/mol. The van der Waals surface area contributed by atoms with Gasteiger partial charge in [0.05, 0.1) is 25.7 Å². The molecule has 2 N–H and O–H groups in total. The third kappa shape index (κ3) is 5.66. The Kier molecular flexibility index (Phi) is 7.19. The van der Waals surface area contributed by atoms with Crippen LogP contribution in [0.2, 0.25) is 0 Å². The lowest BCUT2D eigenvalue weighted by molar-refractivity contribution is -0.925. The van der Waals surface area contributed by atoms with E-state index in [2.05, 4.69) is 30.3 Å². The van der Waals surface area contributed by atoms with Crippen LogP contribution >= 0.6 is 0 Å². The third-order valence-electron chi connectivity index (χ3n) is 9.13. The lowest BCUT2D eigenvalue weighted by Gasteiger charge is -2.61. The summed E-state index contributed by atoms with van der Waals surface area (Å²) in [4.78, 5) is 12.8. The molecule has 0 radical (unpaired) electrons. The first-order valence-corrected chi connectivity index (χ1v) is 13.6. The average Bonchev–Trinajstić information content (AvgIpc) is 3.71. The van der Waals surface area contributed by atoms with Gasteiger partial charge in [0.15, 0.2) is 0 Å². The van der Waals surface area contributed by atoms with E-state index in [4.69, 9.17) is 4.74 Å². The lowest BCUT2D eigenvalue weighted by atomic mass is 9.54. The number of rotatable bonds is 5. The predicted molar refractivity (Wildman–Crippen MR) is 142 cm³/mol. The van der Waals surface area contributed by atoms with Crippen molar-refractivity contribution in [3.05, 3.63) is 65.2 Å². The summed E-state index contributed by atoms with van der Waals surface area (Å²) in [7, 11) is 4.12. The van der Waals surface area contributed by atoms with E-state index in [0.717, 1.165) is 67.0 Å². The molecule has 3 aliphatic rings. The molecular formula is C31H36F3N2O3+. The van der Waals surface area contributed by atoms with Crippen molar-refractivity contribution in [2.24, 2.45) is 5.92 Å². The van der Waals surface area contributed by atoms with Gasteiger partial charge in [-0.2, -0.15) is 13.2 Å². The number of aromatic hydroxyl groups is 1. The number of halogens is 3. The number of nitrogens with zero attached hydrogens (tertiary/aromatic N) is 1. The molecule has 4 atom stereocenters. The summed E-state index contributed by atoms with van der Waals surface area (Å²) in [5.74, 6) is 5.77. The summed E-state index contributed by atoms with van der Waals surface area (Å²) in [5.41, 5.74) is -0.208. The van der Waals surface area contributed by atoms with Crippen LogP contribution in [-0.4, -0.2) is 60.9 Å². The van der Waals surface area contributed by atoms with Gasteiger partial charge in [-0.05, 0) is 74.1 Å².